The molecule has 0 N–H and O–H groups in total. The van der Waals surface area contributed by atoms with Crippen LogP contribution < -0.4 is 15.9 Å². The molecule has 1 atom stereocenters. The van der Waals surface area contributed by atoms with Crippen LogP contribution in [0.4, 0.5) is 4.79 Å². The van der Waals surface area contributed by atoms with Crippen molar-refractivity contribution in [1.29, 1.82) is 0 Å². The molecule has 6 heteroatoms. The minimum Gasteiger partial charge on any atom is -0.445 e. The van der Waals surface area contributed by atoms with Gasteiger partial charge < -0.3 is 14.5 Å². The number of hydrogen-bond donors (Lipinski definition) is 0. The third-order valence-electron chi connectivity index (χ3n) is 7.90. The van der Waals surface area contributed by atoms with Gasteiger partial charge in [-0.05, 0) is 55.2 Å². The Balaban J connectivity index is 1.41. The van der Waals surface area contributed by atoms with Gasteiger partial charge in [-0.3, -0.25) is 4.79 Å². The molecule has 0 aromatic heterocycles. The number of hydrogen-bond acceptors (Lipinski definition) is 3. The molecule has 2 heterocycles. The lowest BCUT2D eigenvalue weighted by Crippen LogP contribution is -2.45. The lowest BCUT2D eigenvalue weighted by Gasteiger charge is -2.34. The molecule has 2 amide bonds. The molecule has 2 aliphatic heterocycles. The highest BCUT2D eigenvalue weighted by atomic mass is 31.2. The van der Waals surface area contributed by atoms with E-state index in [0.29, 0.717) is 19.0 Å². The van der Waals surface area contributed by atoms with Crippen molar-refractivity contribution in [3.8, 4) is 0 Å². The van der Waals surface area contributed by atoms with Gasteiger partial charge in [-0.25, -0.2) is 4.79 Å². The maximum absolute atomic E-state index is 14.3. The SMILES string of the molecule is C=CCOC(=O)N1CCC(CN2CC[C@@H]([P+](c3ccccc3)(c3ccccc3)c3ccccc3)C2=O)CC1. The number of amides is 2. The molecule has 3 aromatic carbocycles. The second-order valence-corrected chi connectivity index (χ2v) is 13.7. The Labute approximate surface area is 226 Å². The predicted octanol–water partition coefficient (Wildman–Crippen LogP) is 4.62. The fourth-order valence-corrected chi connectivity index (χ4v) is 11.0. The van der Waals surface area contributed by atoms with Gasteiger partial charge in [-0.1, -0.05) is 67.3 Å². The second-order valence-electron chi connectivity index (χ2n) is 10.1. The van der Waals surface area contributed by atoms with E-state index in [0.717, 1.165) is 32.4 Å². The van der Waals surface area contributed by atoms with Crippen LogP contribution in [0, 0.1) is 5.92 Å². The summed E-state index contributed by atoms with van der Waals surface area (Å²) in [5.41, 5.74) is -0.0938. The monoisotopic (exact) mass is 527 g/mol. The summed E-state index contributed by atoms with van der Waals surface area (Å²) in [6, 6.07) is 32.0. The van der Waals surface area contributed by atoms with Gasteiger partial charge in [-0.15, -0.1) is 0 Å². The summed E-state index contributed by atoms with van der Waals surface area (Å²) in [7, 11) is -2.25. The van der Waals surface area contributed by atoms with Crippen LogP contribution in [-0.2, 0) is 9.53 Å². The number of carbonyl (C=O) groups is 2. The zero-order valence-electron chi connectivity index (χ0n) is 21.8. The van der Waals surface area contributed by atoms with Crippen LogP contribution in [0.25, 0.3) is 0 Å². The summed E-state index contributed by atoms with van der Waals surface area (Å²) in [5, 5.41) is 3.76. The molecule has 0 aliphatic carbocycles. The van der Waals surface area contributed by atoms with Crippen LogP contribution in [0.15, 0.2) is 104 Å². The summed E-state index contributed by atoms with van der Waals surface area (Å²) >= 11 is 0. The fraction of sp³-hybridized carbons (Fsp3) is 0.312. The second kappa shape index (κ2) is 12.0. The molecule has 196 valence electrons. The third kappa shape index (κ3) is 5.13. The van der Waals surface area contributed by atoms with E-state index in [9.17, 15) is 9.59 Å². The van der Waals surface area contributed by atoms with Gasteiger partial charge in [-0.2, -0.15) is 0 Å². The highest BCUT2D eigenvalue weighted by molar-refractivity contribution is 7.96. The number of carbonyl (C=O) groups excluding carboxylic acids is 2. The van der Waals surface area contributed by atoms with E-state index in [1.54, 1.807) is 11.0 Å². The Hall–Kier alpha value is -3.43. The summed E-state index contributed by atoms with van der Waals surface area (Å²) in [4.78, 5) is 30.4. The van der Waals surface area contributed by atoms with Gasteiger partial charge in [0.25, 0.3) is 5.91 Å². The van der Waals surface area contributed by atoms with E-state index in [2.05, 4.69) is 102 Å². The number of nitrogens with zero attached hydrogens (tertiary/aromatic N) is 2. The summed E-state index contributed by atoms with van der Waals surface area (Å²) < 4.78 is 5.20. The van der Waals surface area contributed by atoms with E-state index < -0.39 is 7.26 Å². The standard InChI is InChI=1S/C32H36N2O3P/c1-2-24-37-32(36)33-21-18-26(19-22-33)25-34-23-20-30(31(34)35)38(27-12-6-3-7-13-27,28-14-8-4-9-15-28)29-16-10-5-11-17-29/h2-17,26,30H,1,18-25H2/q+1/t30-/m1/s1. The third-order valence-corrected chi connectivity index (χ3v) is 12.7. The smallest absolute Gasteiger partial charge is 0.410 e. The van der Waals surface area contributed by atoms with E-state index >= 15 is 0 Å². The average molecular weight is 528 g/mol. The fourth-order valence-electron chi connectivity index (χ4n) is 6.07. The summed E-state index contributed by atoms with van der Waals surface area (Å²) in [6.07, 6.45) is 3.92. The van der Waals surface area contributed by atoms with Gasteiger partial charge in [0.15, 0.2) is 5.66 Å². The van der Waals surface area contributed by atoms with Crippen LogP contribution in [0.5, 0.6) is 0 Å². The Kier molecular flexibility index (Phi) is 8.24. The van der Waals surface area contributed by atoms with E-state index in [4.69, 9.17) is 4.74 Å². The Bertz CT molecular complexity index is 1130. The predicted molar refractivity (Wildman–Crippen MR) is 156 cm³/mol. The average Bonchev–Trinajstić information content (AvgIpc) is 3.34. The molecule has 0 saturated carbocycles. The molecule has 2 aliphatic rings. The van der Waals surface area contributed by atoms with Gasteiger partial charge in [0, 0.05) is 32.6 Å². The summed E-state index contributed by atoms with van der Waals surface area (Å²) in [5.74, 6) is 0.654. The Morgan fingerprint density at radius 3 is 1.79 bits per heavy atom. The molecule has 5 nitrogen and oxygen atoms in total. The minimum absolute atomic E-state index is 0.0938. The molecule has 0 unspecified atom stereocenters. The first-order valence-corrected chi connectivity index (χ1v) is 15.4. The maximum Gasteiger partial charge on any atom is 0.410 e. The van der Waals surface area contributed by atoms with Crippen molar-refractivity contribution in [2.75, 3.05) is 32.8 Å². The van der Waals surface area contributed by atoms with E-state index in [-0.39, 0.29) is 24.3 Å². The molecule has 5 rings (SSSR count). The molecular formula is C32H36N2O3P+. The summed E-state index contributed by atoms with van der Waals surface area (Å²) in [6.45, 7) is 6.70. The zero-order chi connectivity index (χ0) is 26.4. The molecule has 0 radical (unpaired) electrons. The van der Waals surface area contributed by atoms with Crippen LogP contribution in [0.2, 0.25) is 0 Å². The first-order valence-electron chi connectivity index (χ1n) is 13.5. The Morgan fingerprint density at radius 2 is 1.32 bits per heavy atom. The van der Waals surface area contributed by atoms with Crippen LogP contribution in [0.3, 0.4) is 0 Å². The number of benzene rings is 3. The molecule has 2 saturated heterocycles. The van der Waals surface area contributed by atoms with Gasteiger partial charge in [0.05, 0.1) is 0 Å². The quantitative estimate of drug-likeness (QED) is 0.318. The zero-order valence-corrected chi connectivity index (χ0v) is 22.7. The highest BCUT2D eigenvalue weighted by Crippen LogP contribution is 2.62. The lowest BCUT2D eigenvalue weighted by atomic mass is 9.96. The van der Waals surface area contributed by atoms with Crippen molar-refractivity contribution in [2.24, 2.45) is 5.92 Å². The molecule has 0 spiro atoms. The molecule has 3 aromatic rings. The van der Waals surface area contributed by atoms with Crippen molar-refractivity contribution in [1.82, 2.24) is 9.80 Å². The largest absolute Gasteiger partial charge is 0.445 e. The topological polar surface area (TPSA) is 49.9 Å². The normalized spacial score (nSPS) is 18.4. The maximum atomic E-state index is 14.3. The van der Waals surface area contributed by atoms with Crippen molar-refractivity contribution in [3.63, 3.8) is 0 Å². The van der Waals surface area contributed by atoms with Crippen LogP contribution in [0.1, 0.15) is 19.3 Å². The van der Waals surface area contributed by atoms with Crippen molar-refractivity contribution >= 4 is 35.2 Å². The number of ether oxygens (including phenoxy) is 1. The lowest BCUT2D eigenvalue weighted by molar-refractivity contribution is -0.128. The molecule has 0 bridgehead atoms. The van der Waals surface area contributed by atoms with Crippen molar-refractivity contribution in [2.45, 2.75) is 24.9 Å². The van der Waals surface area contributed by atoms with E-state index in [1.165, 1.54) is 15.9 Å². The highest BCUT2D eigenvalue weighted by Gasteiger charge is 2.58. The van der Waals surface area contributed by atoms with Crippen LogP contribution in [-0.4, -0.2) is 60.2 Å². The van der Waals surface area contributed by atoms with Gasteiger partial charge in [0.2, 0.25) is 0 Å². The first-order chi connectivity index (χ1) is 18.6. The first kappa shape index (κ1) is 26.2. The molecular weight excluding hydrogens is 491 g/mol. The molecule has 38 heavy (non-hydrogen) atoms. The van der Waals surface area contributed by atoms with Crippen LogP contribution >= 0.6 is 7.26 Å². The number of likely N-dealkylation sites (tertiary alicyclic amines) is 2. The minimum atomic E-state index is -2.25. The number of piperidine rings is 1. The van der Waals surface area contributed by atoms with Gasteiger partial charge in [0.1, 0.15) is 29.8 Å². The molecule has 2 fully saturated rings. The van der Waals surface area contributed by atoms with Crippen molar-refractivity contribution in [3.05, 3.63) is 104 Å². The Morgan fingerprint density at radius 1 is 0.816 bits per heavy atom. The van der Waals surface area contributed by atoms with E-state index in [1.807, 2.05) is 0 Å². The number of rotatable bonds is 8. The van der Waals surface area contributed by atoms with Crippen molar-refractivity contribution < 1.29 is 14.3 Å². The van der Waals surface area contributed by atoms with Gasteiger partial charge >= 0.3 is 6.09 Å².